The SMILES string of the molecule is O=c1nc2n(c3sc4c(c13)CCCC4)[C@H](CBr)CS2. The molecule has 0 saturated heterocycles. The first-order valence-electron chi connectivity index (χ1n) is 6.55. The highest BCUT2D eigenvalue weighted by molar-refractivity contribution is 9.09. The fourth-order valence-electron chi connectivity index (χ4n) is 3.01. The lowest BCUT2D eigenvalue weighted by Crippen LogP contribution is -2.16. The summed E-state index contributed by atoms with van der Waals surface area (Å²) in [5, 5.41) is 2.74. The molecule has 0 fully saturated rings. The molecule has 2 aliphatic rings. The molecule has 0 spiro atoms. The van der Waals surface area contributed by atoms with E-state index in [1.54, 1.807) is 11.8 Å². The predicted molar refractivity (Wildman–Crippen MR) is 84.1 cm³/mol. The van der Waals surface area contributed by atoms with E-state index in [2.05, 4.69) is 25.5 Å². The van der Waals surface area contributed by atoms with Gasteiger partial charge in [-0.15, -0.1) is 11.3 Å². The van der Waals surface area contributed by atoms with Crippen LogP contribution in [0.1, 0.15) is 29.3 Å². The zero-order chi connectivity index (χ0) is 13.0. The first-order chi connectivity index (χ1) is 9.29. The number of hydrogen-bond donors (Lipinski definition) is 0. The Morgan fingerprint density at radius 2 is 2.21 bits per heavy atom. The molecule has 4 rings (SSSR count). The number of rotatable bonds is 1. The minimum Gasteiger partial charge on any atom is -0.307 e. The molecular formula is C13H13BrN2OS2. The molecule has 0 saturated carbocycles. The lowest BCUT2D eigenvalue weighted by molar-refractivity contribution is 0.598. The summed E-state index contributed by atoms with van der Waals surface area (Å²) in [6.45, 7) is 0. The Morgan fingerprint density at radius 1 is 1.37 bits per heavy atom. The van der Waals surface area contributed by atoms with E-state index >= 15 is 0 Å². The Balaban J connectivity index is 2.09. The number of aryl methyl sites for hydroxylation is 2. The number of thiophene rings is 1. The van der Waals surface area contributed by atoms with Crippen molar-refractivity contribution in [2.75, 3.05) is 11.1 Å². The van der Waals surface area contributed by atoms with Crippen LogP contribution in [0.5, 0.6) is 0 Å². The van der Waals surface area contributed by atoms with Gasteiger partial charge in [0.05, 0.1) is 11.4 Å². The summed E-state index contributed by atoms with van der Waals surface area (Å²) in [5.74, 6) is 1.01. The van der Waals surface area contributed by atoms with Gasteiger partial charge in [-0.2, -0.15) is 4.98 Å². The largest absolute Gasteiger partial charge is 0.307 e. The van der Waals surface area contributed by atoms with Crippen LogP contribution in [-0.2, 0) is 12.8 Å². The van der Waals surface area contributed by atoms with Gasteiger partial charge in [-0.25, -0.2) is 0 Å². The van der Waals surface area contributed by atoms with Crippen LogP contribution < -0.4 is 5.56 Å². The fourth-order valence-corrected chi connectivity index (χ4v) is 6.48. The number of alkyl halides is 1. The Bertz CT molecular complexity index is 721. The highest BCUT2D eigenvalue weighted by Crippen LogP contribution is 2.41. The summed E-state index contributed by atoms with van der Waals surface area (Å²) < 4.78 is 2.29. The first kappa shape index (κ1) is 12.4. The van der Waals surface area contributed by atoms with Crippen LogP contribution in [0.2, 0.25) is 0 Å². The van der Waals surface area contributed by atoms with Crippen LogP contribution in [0.25, 0.3) is 10.2 Å². The number of aromatic nitrogens is 2. The lowest BCUT2D eigenvalue weighted by Gasteiger charge is -2.12. The highest BCUT2D eigenvalue weighted by atomic mass is 79.9. The summed E-state index contributed by atoms with van der Waals surface area (Å²) in [6, 6.07) is 0.427. The quantitative estimate of drug-likeness (QED) is 0.580. The normalized spacial score (nSPS) is 21.6. The first-order valence-corrected chi connectivity index (χ1v) is 9.47. The van der Waals surface area contributed by atoms with Gasteiger partial charge in [-0.05, 0) is 31.2 Å². The summed E-state index contributed by atoms with van der Waals surface area (Å²) >= 11 is 7.12. The van der Waals surface area contributed by atoms with Gasteiger partial charge in [0.15, 0.2) is 5.16 Å². The zero-order valence-corrected chi connectivity index (χ0v) is 13.5. The molecule has 0 aromatic carbocycles. The van der Waals surface area contributed by atoms with Gasteiger partial charge in [-0.1, -0.05) is 27.7 Å². The molecule has 0 bridgehead atoms. The minimum absolute atomic E-state index is 0.0108. The molecule has 0 unspecified atom stereocenters. The van der Waals surface area contributed by atoms with Crippen molar-refractivity contribution in [3.05, 3.63) is 20.8 Å². The number of fused-ring (bicyclic) bond motifs is 5. The second-order valence-electron chi connectivity index (χ2n) is 5.08. The monoisotopic (exact) mass is 356 g/mol. The third-order valence-corrected chi connectivity index (χ3v) is 7.07. The Hall–Kier alpha value is -0.330. The molecule has 1 atom stereocenters. The second kappa shape index (κ2) is 4.60. The van der Waals surface area contributed by atoms with Gasteiger partial charge in [0.1, 0.15) is 4.83 Å². The summed E-state index contributed by atoms with van der Waals surface area (Å²) in [7, 11) is 0. The molecule has 2 aromatic rings. The zero-order valence-electron chi connectivity index (χ0n) is 10.3. The van der Waals surface area contributed by atoms with Crippen LogP contribution >= 0.6 is 39.0 Å². The van der Waals surface area contributed by atoms with Crippen molar-refractivity contribution in [3.8, 4) is 0 Å². The summed E-state index contributed by atoms with van der Waals surface area (Å²) in [4.78, 5) is 19.2. The van der Waals surface area contributed by atoms with Crippen molar-refractivity contribution in [2.24, 2.45) is 0 Å². The molecule has 0 radical (unpaired) electrons. The molecule has 3 heterocycles. The minimum atomic E-state index is -0.0108. The molecule has 0 N–H and O–H groups in total. The number of nitrogens with zero attached hydrogens (tertiary/aromatic N) is 2. The topological polar surface area (TPSA) is 34.9 Å². The average molecular weight is 357 g/mol. The Morgan fingerprint density at radius 3 is 3.05 bits per heavy atom. The average Bonchev–Trinajstić information content (AvgIpc) is 2.98. The van der Waals surface area contributed by atoms with E-state index in [0.717, 1.165) is 39.3 Å². The molecule has 1 aliphatic carbocycles. The van der Waals surface area contributed by atoms with E-state index in [-0.39, 0.29) is 5.56 Å². The standard InChI is InChI=1S/C13H13BrN2OS2/c14-5-7-6-18-13-15-11(17)10-8-3-1-2-4-9(8)19-12(10)16(7)13/h7H,1-6H2/t7-/m1/s1. The van der Waals surface area contributed by atoms with Gasteiger partial charge in [0.25, 0.3) is 5.56 Å². The van der Waals surface area contributed by atoms with E-state index < -0.39 is 0 Å². The lowest BCUT2D eigenvalue weighted by atomic mass is 9.97. The van der Waals surface area contributed by atoms with Crippen LogP contribution in [0.3, 0.4) is 0 Å². The number of hydrogen-bond acceptors (Lipinski definition) is 4. The third-order valence-electron chi connectivity index (χ3n) is 3.94. The molecule has 0 amide bonds. The maximum Gasteiger partial charge on any atom is 0.282 e. The highest BCUT2D eigenvalue weighted by Gasteiger charge is 2.29. The van der Waals surface area contributed by atoms with Crippen molar-refractivity contribution in [3.63, 3.8) is 0 Å². The Labute approximate surface area is 127 Å². The van der Waals surface area contributed by atoms with E-state index in [9.17, 15) is 4.79 Å². The van der Waals surface area contributed by atoms with Crippen molar-refractivity contribution in [2.45, 2.75) is 36.9 Å². The van der Waals surface area contributed by atoms with Crippen molar-refractivity contribution < 1.29 is 0 Å². The Kier molecular flexibility index (Phi) is 3.01. The van der Waals surface area contributed by atoms with Crippen LogP contribution in [0.15, 0.2) is 9.95 Å². The third kappa shape index (κ3) is 1.76. The summed E-state index contributed by atoms with van der Waals surface area (Å²) in [6.07, 6.45) is 4.65. The van der Waals surface area contributed by atoms with Crippen LogP contribution in [0, 0.1) is 0 Å². The van der Waals surface area contributed by atoms with E-state index in [4.69, 9.17) is 0 Å². The van der Waals surface area contributed by atoms with E-state index in [0.29, 0.717) is 6.04 Å². The van der Waals surface area contributed by atoms with Gasteiger partial charge in [0, 0.05) is 16.0 Å². The number of halogens is 1. The van der Waals surface area contributed by atoms with Gasteiger partial charge < -0.3 is 4.57 Å². The van der Waals surface area contributed by atoms with Gasteiger partial charge in [-0.3, -0.25) is 4.79 Å². The number of thioether (sulfide) groups is 1. The fraction of sp³-hybridized carbons (Fsp3) is 0.538. The molecule has 3 nitrogen and oxygen atoms in total. The van der Waals surface area contributed by atoms with Crippen LogP contribution in [-0.4, -0.2) is 20.6 Å². The molecule has 2 aromatic heterocycles. The molecule has 100 valence electrons. The van der Waals surface area contributed by atoms with E-state index in [1.807, 2.05) is 11.3 Å². The molecule has 1 aliphatic heterocycles. The van der Waals surface area contributed by atoms with Crippen molar-refractivity contribution in [1.82, 2.24) is 9.55 Å². The molecular weight excluding hydrogens is 344 g/mol. The second-order valence-corrected chi connectivity index (χ2v) is 7.80. The van der Waals surface area contributed by atoms with E-state index in [1.165, 1.54) is 23.3 Å². The van der Waals surface area contributed by atoms with Crippen LogP contribution in [0.4, 0.5) is 0 Å². The summed E-state index contributed by atoms with van der Waals surface area (Å²) in [5.41, 5.74) is 1.28. The predicted octanol–water partition coefficient (Wildman–Crippen LogP) is 3.38. The maximum atomic E-state index is 12.3. The van der Waals surface area contributed by atoms with Gasteiger partial charge in [0.2, 0.25) is 0 Å². The van der Waals surface area contributed by atoms with Crippen molar-refractivity contribution >= 4 is 49.2 Å². The smallest absolute Gasteiger partial charge is 0.282 e. The van der Waals surface area contributed by atoms with Gasteiger partial charge >= 0.3 is 0 Å². The molecule has 6 heteroatoms. The molecule has 19 heavy (non-hydrogen) atoms. The van der Waals surface area contributed by atoms with Crippen molar-refractivity contribution in [1.29, 1.82) is 0 Å². The maximum absolute atomic E-state index is 12.3.